The highest BCUT2D eigenvalue weighted by molar-refractivity contribution is 7.89. The van der Waals surface area contributed by atoms with Crippen LogP contribution in [0, 0.1) is 0 Å². The average molecular weight is 328 g/mol. The van der Waals surface area contributed by atoms with Gasteiger partial charge in [0.1, 0.15) is 5.82 Å². The molecule has 0 aliphatic rings. The fraction of sp³-hybridized carbons (Fsp3) is 0.125. The number of fused-ring (bicyclic) bond motifs is 1. The van der Waals surface area contributed by atoms with Gasteiger partial charge in [-0.25, -0.2) is 18.5 Å². The molecule has 1 unspecified atom stereocenters. The summed E-state index contributed by atoms with van der Waals surface area (Å²) >= 11 is 0. The Morgan fingerprint density at radius 1 is 1.09 bits per heavy atom. The fourth-order valence-corrected chi connectivity index (χ4v) is 2.86. The van der Waals surface area contributed by atoms with E-state index in [-0.39, 0.29) is 10.9 Å². The van der Waals surface area contributed by atoms with E-state index >= 15 is 0 Å². The predicted molar refractivity (Wildman–Crippen MR) is 89.4 cm³/mol. The van der Waals surface area contributed by atoms with Gasteiger partial charge in [-0.1, -0.05) is 24.3 Å². The molecule has 0 saturated heterocycles. The Bertz CT molecular complexity index is 957. The highest BCUT2D eigenvalue weighted by Gasteiger charge is 2.12. The number of sulfonamides is 1. The van der Waals surface area contributed by atoms with Crippen LogP contribution in [0.3, 0.4) is 0 Å². The maximum Gasteiger partial charge on any atom is 0.238 e. The third-order valence-electron chi connectivity index (χ3n) is 3.50. The molecule has 0 radical (unpaired) electrons. The van der Waals surface area contributed by atoms with Gasteiger partial charge < -0.3 is 5.32 Å². The van der Waals surface area contributed by atoms with Crippen LogP contribution in [-0.2, 0) is 10.0 Å². The molecule has 118 valence electrons. The fourth-order valence-electron chi connectivity index (χ4n) is 2.29. The van der Waals surface area contributed by atoms with Gasteiger partial charge in [0.25, 0.3) is 0 Å². The summed E-state index contributed by atoms with van der Waals surface area (Å²) in [5.41, 5.74) is 2.41. The molecular formula is C16H16N4O2S. The first-order valence-electron chi connectivity index (χ1n) is 7.04. The zero-order valence-electron chi connectivity index (χ0n) is 12.5. The van der Waals surface area contributed by atoms with Crippen molar-refractivity contribution in [2.24, 2.45) is 5.14 Å². The first kappa shape index (κ1) is 15.4. The highest BCUT2D eigenvalue weighted by Crippen LogP contribution is 2.21. The quantitative estimate of drug-likeness (QED) is 0.766. The number of hydrogen-bond donors (Lipinski definition) is 2. The highest BCUT2D eigenvalue weighted by atomic mass is 32.2. The second-order valence-electron chi connectivity index (χ2n) is 5.23. The number of anilines is 1. The number of hydrogen-bond acceptors (Lipinski definition) is 5. The van der Waals surface area contributed by atoms with Crippen LogP contribution in [0.2, 0.25) is 0 Å². The Labute approximate surface area is 134 Å². The van der Waals surface area contributed by atoms with Crippen molar-refractivity contribution in [3.05, 3.63) is 60.3 Å². The van der Waals surface area contributed by atoms with Crippen molar-refractivity contribution >= 4 is 26.9 Å². The van der Waals surface area contributed by atoms with E-state index in [4.69, 9.17) is 5.14 Å². The van der Waals surface area contributed by atoms with Gasteiger partial charge in [-0.05, 0) is 36.8 Å². The van der Waals surface area contributed by atoms with Crippen molar-refractivity contribution in [2.45, 2.75) is 17.9 Å². The van der Waals surface area contributed by atoms with Gasteiger partial charge in [0.15, 0.2) is 0 Å². The molecular weight excluding hydrogens is 312 g/mol. The third-order valence-corrected chi connectivity index (χ3v) is 4.41. The Morgan fingerprint density at radius 3 is 2.57 bits per heavy atom. The van der Waals surface area contributed by atoms with Crippen molar-refractivity contribution < 1.29 is 8.42 Å². The first-order chi connectivity index (χ1) is 10.9. The molecule has 3 rings (SSSR count). The van der Waals surface area contributed by atoms with Crippen molar-refractivity contribution in [3.63, 3.8) is 0 Å². The number of aromatic nitrogens is 2. The summed E-state index contributed by atoms with van der Waals surface area (Å²) in [7, 11) is -3.72. The number of benzene rings is 2. The number of nitrogens with two attached hydrogens (primary N) is 1. The Kier molecular flexibility index (Phi) is 3.97. The summed E-state index contributed by atoms with van der Waals surface area (Å²) in [4.78, 5) is 8.93. The molecule has 1 atom stereocenters. The maximum absolute atomic E-state index is 11.4. The van der Waals surface area contributed by atoms with E-state index < -0.39 is 10.0 Å². The van der Waals surface area contributed by atoms with Gasteiger partial charge in [0.05, 0.1) is 28.2 Å². The van der Waals surface area contributed by atoms with Crippen LogP contribution in [-0.4, -0.2) is 18.4 Å². The van der Waals surface area contributed by atoms with Crippen LogP contribution in [0.25, 0.3) is 11.0 Å². The molecule has 1 heterocycles. The van der Waals surface area contributed by atoms with E-state index in [1.54, 1.807) is 18.3 Å². The minimum atomic E-state index is -3.72. The van der Waals surface area contributed by atoms with E-state index in [1.807, 2.05) is 37.3 Å². The smallest absolute Gasteiger partial charge is 0.238 e. The summed E-state index contributed by atoms with van der Waals surface area (Å²) in [6.45, 7) is 1.92. The van der Waals surface area contributed by atoms with Crippen LogP contribution in [0.5, 0.6) is 0 Å². The van der Waals surface area contributed by atoms with E-state index in [9.17, 15) is 8.42 Å². The minimum absolute atomic E-state index is 0.0910. The molecule has 0 spiro atoms. The normalized spacial score (nSPS) is 13.0. The monoisotopic (exact) mass is 328 g/mol. The minimum Gasteiger partial charge on any atom is -0.362 e. The lowest BCUT2D eigenvalue weighted by Crippen LogP contribution is -2.14. The summed E-state index contributed by atoms with van der Waals surface area (Å²) in [6, 6.07) is 14.0. The van der Waals surface area contributed by atoms with Crippen molar-refractivity contribution in [3.8, 4) is 0 Å². The van der Waals surface area contributed by atoms with Gasteiger partial charge in [-0.2, -0.15) is 0 Å². The van der Waals surface area contributed by atoms with Crippen molar-refractivity contribution in [1.82, 2.24) is 9.97 Å². The number of nitrogens with zero attached hydrogens (tertiary/aromatic N) is 2. The van der Waals surface area contributed by atoms with Crippen LogP contribution < -0.4 is 10.5 Å². The van der Waals surface area contributed by atoms with E-state index in [0.717, 1.165) is 16.6 Å². The molecule has 7 heteroatoms. The van der Waals surface area contributed by atoms with Crippen molar-refractivity contribution in [1.29, 1.82) is 0 Å². The molecule has 3 N–H and O–H groups in total. The molecule has 1 aromatic heterocycles. The summed E-state index contributed by atoms with van der Waals surface area (Å²) in [5.74, 6) is 0.622. The number of rotatable bonds is 4. The SMILES string of the molecule is CC(Nc1cnc2ccccc2n1)c1cccc(S(N)(=O)=O)c1. The molecule has 0 fully saturated rings. The zero-order valence-corrected chi connectivity index (χ0v) is 13.3. The van der Waals surface area contributed by atoms with Gasteiger partial charge in [-0.3, -0.25) is 4.98 Å². The lowest BCUT2D eigenvalue weighted by Gasteiger charge is -2.15. The molecule has 0 amide bonds. The molecule has 0 aliphatic carbocycles. The summed E-state index contributed by atoms with van der Waals surface area (Å²) in [6.07, 6.45) is 1.66. The summed E-state index contributed by atoms with van der Waals surface area (Å²) in [5, 5.41) is 8.39. The third kappa shape index (κ3) is 3.46. The standard InChI is InChI=1S/C16H16N4O2S/c1-11(12-5-4-6-13(9-12)23(17,21)22)19-16-10-18-14-7-2-3-8-15(14)20-16/h2-11H,1H3,(H,19,20)(H2,17,21,22). The zero-order chi connectivity index (χ0) is 16.4. The van der Waals surface area contributed by atoms with Crippen LogP contribution >= 0.6 is 0 Å². The number of para-hydroxylation sites is 2. The molecule has 6 nitrogen and oxygen atoms in total. The van der Waals surface area contributed by atoms with E-state index in [0.29, 0.717) is 5.82 Å². The largest absolute Gasteiger partial charge is 0.362 e. The lowest BCUT2D eigenvalue weighted by atomic mass is 10.1. The summed E-state index contributed by atoms with van der Waals surface area (Å²) < 4.78 is 22.9. The molecule has 23 heavy (non-hydrogen) atoms. The average Bonchev–Trinajstić information content (AvgIpc) is 2.54. The Balaban J connectivity index is 1.87. The second-order valence-corrected chi connectivity index (χ2v) is 6.79. The number of primary sulfonamides is 1. The Morgan fingerprint density at radius 2 is 1.83 bits per heavy atom. The first-order valence-corrected chi connectivity index (χ1v) is 8.59. The van der Waals surface area contributed by atoms with Gasteiger partial charge in [0, 0.05) is 0 Å². The molecule has 0 saturated carbocycles. The molecule has 0 aliphatic heterocycles. The topological polar surface area (TPSA) is 98.0 Å². The molecule has 3 aromatic rings. The van der Waals surface area contributed by atoms with Crippen LogP contribution in [0.1, 0.15) is 18.5 Å². The second kappa shape index (κ2) is 5.94. The molecule has 2 aromatic carbocycles. The van der Waals surface area contributed by atoms with E-state index in [1.165, 1.54) is 6.07 Å². The van der Waals surface area contributed by atoms with Gasteiger partial charge in [0.2, 0.25) is 10.0 Å². The number of nitrogens with one attached hydrogen (secondary N) is 1. The van der Waals surface area contributed by atoms with Crippen molar-refractivity contribution in [2.75, 3.05) is 5.32 Å². The van der Waals surface area contributed by atoms with Crippen LogP contribution in [0.4, 0.5) is 5.82 Å². The lowest BCUT2D eigenvalue weighted by molar-refractivity contribution is 0.597. The van der Waals surface area contributed by atoms with Crippen LogP contribution in [0.15, 0.2) is 59.6 Å². The maximum atomic E-state index is 11.4. The molecule has 0 bridgehead atoms. The van der Waals surface area contributed by atoms with E-state index in [2.05, 4.69) is 15.3 Å². The van der Waals surface area contributed by atoms with Gasteiger partial charge >= 0.3 is 0 Å². The Hall–Kier alpha value is -2.51. The predicted octanol–water partition coefficient (Wildman–Crippen LogP) is 2.45. The van der Waals surface area contributed by atoms with Gasteiger partial charge in [-0.15, -0.1) is 0 Å².